The fourth-order valence-corrected chi connectivity index (χ4v) is 6.76. The van der Waals surface area contributed by atoms with Gasteiger partial charge in [0.15, 0.2) is 0 Å². The van der Waals surface area contributed by atoms with Crippen LogP contribution >= 0.6 is 0 Å². The van der Waals surface area contributed by atoms with Gasteiger partial charge in [0.05, 0.1) is 33.3 Å². The zero-order valence-corrected chi connectivity index (χ0v) is 33.6. The second kappa shape index (κ2) is 18.1. The van der Waals surface area contributed by atoms with E-state index in [0.29, 0.717) is 55.4 Å². The molecule has 16 heteroatoms. The Balaban J connectivity index is 0.000000194. The van der Waals surface area contributed by atoms with Crippen molar-refractivity contribution in [1.29, 1.82) is 0 Å². The first-order valence-corrected chi connectivity index (χ1v) is 19.3. The van der Waals surface area contributed by atoms with Crippen LogP contribution in [0.1, 0.15) is 52.6 Å². The quantitative estimate of drug-likeness (QED) is 0.128. The number of carbonyl (C=O) groups is 4. The molecule has 0 bridgehead atoms. The number of nitrogens with one attached hydrogen (secondary N) is 1. The average Bonchev–Trinajstić information content (AvgIpc) is 3.30. The maximum Gasteiger partial charge on any atom is 0.416 e. The first-order chi connectivity index (χ1) is 30.9. The minimum atomic E-state index is -4.44. The lowest BCUT2D eigenvalue weighted by molar-refractivity contribution is -0.138. The summed E-state index contributed by atoms with van der Waals surface area (Å²) >= 11 is 0. The highest BCUT2D eigenvalue weighted by atomic mass is 19.4. The molecule has 8 aromatic rings. The summed E-state index contributed by atoms with van der Waals surface area (Å²) in [5, 5.41) is 22.1. The molecule has 0 saturated heterocycles. The maximum atomic E-state index is 13.3. The number of amides is 2. The molecule has 0 aliphatic heterocycles. The summed E-state index contributed by atoms with van der Waals surface area (Å²) in [6.45, 7) is 0. The van der Waals surface area contributed by atoms with E-state index in [-0.39, 0.29) is 28.4 Å². The molecule has 0 fully saturated rings. The number of halogens is 6. The van der Waals surface area contributed by atoms with Crippen molar-refractivity contribution in [1.82, 2.24) is 9.97 Å². The molecule has 0 aliphatic rings. The summed E-state index contributed by atoms with van der Waals surface area (Å²) in [4.78, 5) is 58.6. The van der Waals surface area contributed by atoms with Gasteiger partial charge in [-0.15, -0.1) is 0 Å². The Kier molecular flexibility index (Phi) is 12.5. The molecule has 6 aromatic carbocycles. The van der Waals surface area contributed by atoms with Crippen molar-refractivity contribution in [3.63, 3.8) is 0 Å². The van der Waals surface area contributed by atoms with E-state index < -0.39 is 41.3 Å². The van der Waals surface area contributed by atoms with E-state index in [2.05, 4.69) is 15.3 Å². The van der Waals surface area contributed by atoms with Crippen molar-refractivity contribution in [2.24, 2.45) is 0 Å². The number of nitrogens with zero attached hydrogens (tertiary/aromatic N) is 3. The minimum Gasteiger partial charge on any atom is -0.478 e. The molecule has 0 aliphatic carbocycles. The standard InChI is InChI=1S/C25H17F3N2O3.C24H15F3N2O3/c1-30(22-13-9-16-14-17(24(32)33)8-12-21(16)29-22)23(31)20-5-3-2-4-19(20)15-6-10-18(11-7-15)25(26,27)28;25-24(26,27)17-9-5-14(6-10-17)18-3-1-2-4-19(18)22(30)29-21-12-8-15-13-16(23(31)32)7-11-20(15)28-21/h2-14H,1H3,(H,32,33);1-13H,(H,31,32)(H,28,29,30). The van der Waals surface area contributed by atoms with Crippen LogP contribution in [-0.2, 0) is 12.4 Å². The summed E-state index contributed by atoms with van der Waals surface area (Å²) in [5.41, 5.74) is 2.25. The van der Waals surface area contributed by atoms with E-state index in [4.69, 9.17) is 10.2 Å². The number of carbonyl (C=O) groups excluding carboxylic acids is 2. The number of rotatable bonds is 8. The van der Waals surface area contributed by atoms with Crippen molar-refractivity contribution in [3.05, 3.63) is 191 Å². The first-order valence-electron chi connectivity index (χ1n) is 19.3. The Labute approximate surface area is 365 Å². The van der Waals surface area contributed by atoms with Crippen LogP contribution in [0.25, 0.3) is 44.1 Å². The largest absolute Gasteiger partial charge is 0.478 e. The molecule has 3 N–H and O–H groups in total. The second-order valence-corrected chi connectivity index (χ2v) is 14.4. The highest BCUT2D eigenvalue weighted by Gasteiger charge is 2.31. The van der Waals surface area contributed by atoms with Crippen molar-refractivity contribution in [2.45, 2.75) is 12.4 Å². The molecular formula is C49H32F6N4O6. The lowest BCUT2D eigenvalue weighted by atomic mass is 9.98. The SMILES string of the molecule is CN(C(=O)c1ccccc1-c1ccc(C(F)(F)F)cc1)c1ccc2cc(C(=O)O)ccc2n1.O=C(O)c1ccc2nc(NC(=O)c3ccccc3-c3ccc(C(F)(F)F)cc3)ccc2c1. The van der Waals surface area contributed by atoms with Gasteiger partial charge in [-0.1, -0.05) is 60.7 Å². The molecule has 8 rings (SSSR count). The molecule has 10 nitrogen and oxygen atoms in total. The van der Waals surface area contributed by atoms with Crippen LogP contribution in [0.3, 0.4) is 0 Å². The van der Waals surface area contributed by atoms with Crippen LogP contribution in [-0.4, -0.2) is 51.0 Å². The summed E-state index contributed by atoms with van der Waals surface area (Å²) < 4.78 is 77.2. The summed E-state index contributed by atoms with van der Waals surface area (Å²) in [6.07, 6.45) is -8.89. The van der Waals surface area contributed by atoms with E-state index in [1.54, 1.807) is 92.0 Å². The molecule has 2 heterocycles. The Morgan fingerprint density at radius 3 is 1.46 bits per heavy atom. The number of fused-ring (bicyclic) bond motifs is 2. The zero-order valence-electron chi connectivity index (χ0n) is 33.6. The highest BCUT2D eigenvalue weighted by molar-refractivity contribution is 6.10. The highest BCUT2D eigenvalue weighted by Crippen LogP contribution is 2.34. The van der Waals surface area contributed by atoms with Crippen LogP contribution in [0.2, 0.25) is 0 Å². The Hall–Kier alpha value is -8.40. The maximum absolute atomic E-state index is 13.3. The van der Waals surface area contributed by atoms with Crippen molar-refractivity contribution >= 4 is 57.2 Å². The predicted molar refractivity (Wildman–Crippen MR) is 232 cm³/mol. The zero-order chi connectivity index (χ0) is 46.6. The van der Waals surface area contributed by atoms with Gasteiger partial charge >= 0.3 is 24.3 Å². The van der Waals surface area contributed by atoms with Gasteiger partial charge in [-0.3, -0.25) is 14.5 Å². The van der Waals surface area contributed by atoms with E-state index in [1.165, 1.54) is 53.4 Å². The third-order valence-electron chi connectivity index (χ3n) is 10.1. The number of carboxylic acid groups (broad SMARTS) is 2. The summed E-state index contributed by atoms with van der Waals surface area (Å²) in [7, 11) is 1.55. The minimum absolute atomic E-state index is 0.126. The number of hydrogen-bond donors (Lipinski definition) is 3. The molecule has 2 amide bonds. The van der Waals surface area contributed by atoms with Gasteiger partial charge in [0.25, 0.3) is 11.8 Å². The van der Waals surface area contributed by atoms with Gasteiger partial charge in [-0.05, 0) is 119 Å². The van der Waals surface area contributed by atoms with E-state index in [1.807, 2.05) is 0 Å². The number of anilines is 2. The lowest BCUT2D eigenvalue weighted by Crippen LogP contribution is -2.27. The first kappa shape index (κ1) is 44.6. The van der Waals surface area contributed by atoms with E-state index >= 15 is 0 Å². The molecular weight excluding hydrogens is 855 g/mol. The van der Waals surface area contributed by atoms with Gasteiger partial charge in [-0.25, -0.2) is 19.6 Å². The van der Waals surface area contributed by atoms with Crippen LogP contribution in [0, 0.1) is 0 Å². The van der Waals surface area contributed by atoms with Gasteiger partial charge < -0.3 is 15.5 Å². The number of hydrogen-bond acceptors (Lipinski definition) is 6. The fourth-order valence-electron chi connectivity index (χ4n) is 6.76. The third-order valence-corrected chi connectivity index (χ3v) is 10.1. The van der Waals surface area contributed by atoms with Crippen molar-refractivity contribution in [3.8, 4) is 22.3 Å². The third kappa shape index (κ3) is 10.1. The van der Waals surface area contributed by atoms with Crippen molar-refractivity contribution in [2.75, 3.05) is 17.3 Å². The Morgan fingerprint density at radius 2 is 0.969 bits per heavy atom. The van der Waals surface area contributed by atoms with E-state index in [9.17, 15) is 45.5 Å². The number of carboxylic acids is 2. The molecule has 0 spiro atoms. The predicted octanol–water partition coefficient (Wildman–Crippen LogP) is 11.8. The average molecular weight is 887 g/mol. The van der Waals surface area contributed by atoms with Crippen LogP contribution in [0.15, 0.2) is 158 Å². The monoisotopic (exact) mass is 886 g/mol. The number of benzene rings is 6. The Morgan fingerprint density at radius 1 is 0.523 bits per heavy atom. The number of aromatic nitrogens is 2. The smallest absolute Gasteiger partial charge is 0.416 e. The molecule has 326 valence electrons. The normalized spacial score (nSPS) is 11.4. The topological polar surface area (TPSA) is 150 Å². The molecule has 0 unspecified atom stereocenters. The summed E-state index contributed by atoms with van der Waals surface area (Å²) in [6, 6.07) is 37.9. The molecule has 0 radical (unpaired) electrons. The van der Waals surface area contributed by atoms with Gasteiger partial charge in [-0.2, -0.15) is 26.3 Å². The molecule has 65 heavy (non-hydrogen) atoms. The number of aromatic carboxylic acids is 2. The van der Waals surface area contributed by atoms with E-state index in [0.717, 1.165) is 24.3 Å². The van der Waals surface area contributed by atoms with Crippen molar-refractivity contribution < 1.29 is 55.7 Å². The molecule has 0 atom stereocenters. The number of alkyl halides is 6. The number of pyridine rings is 2. The van der Waals surface area contributed by atoms with Crippen LogP contribution < -0.4 is 10.2 Å². The van der Waals surface area contributed by atoms with Gasteiger partial charge in [0.1, 0.15) is 11.6 Å². The molecule has 2 aromatic heterocycles. The van der Waals surface area contributed by atoms with Crippen LogP contribution in [0.4, 0.5) is 38.0 Å². The van der Waals surface area contributed by atoms with Gasteiger partial charge in [0, 0.05) is 28.9 Å². The lowest BCUT2D eigenvalue weighted by Gasteiger charge is -2.19. The Bertz CT molecular complexity index is 3120. The molecule has 0 saturated carbocycles. The van der Waals surface area contributed by atoms with Gasteiger partial charge in [0.2, 0.25) is 0 Å². The fraction of sp³-hybridized carbons (Fsp3) is 0.0612. The second-order valence-electron chi connectivity index (χ2n) is 14.4. The summed E-state index contributed by atoms with van der Waals surface area (Å²) in [5.74, 6) is -2.36. The van der Waals surface area contributed by atoms with Crippen LogP contribution in [0.5, 0.6) is 0 Å².